The third-order valence-electron chi connectivity index (χ3n) is 1.27. The van der Waals surface area contributed by atoms with Crippen molar-refractivity contribution in [1.29, 1.82) is 0 Å². The fraction of sp³-hybridized carbons (Fsp3) is 0.333. The van der Waals surface area contributed by atoms with Gasteiger partial charge in [0.15, 0.2) is 0 Å². The summed E-state index contributed by atoms with van der Waals surface area (Å²) in [6.45, 7) is 8.93. The summed E-state index contributed by atoms with van der Waals surface area (Å²) < 4.78 is 11.3. The first-order valence-electron chi connectivity index (χ1n) is 3.74. The molecular weight excluding hydrogens is 171 g/mol. The molecule has 0 aromatic carbocycles. The highest BCUT2D eigenvalue weighted by molar-refractivity contribution is 7.58. The summed E-state index contributed by atoms with van der Waals surface area (Å²) in [4.78, 5) is 9.30. The Morgan fingerprint density at radius 3 is 2.67 bits per heavy atom. The summed E-state index contributed by atoms with van der Waals surface area (Å²) >= 11 is 0. The molecule has 0 bridgehead atoms. The van der Waals surface area contributed by atoms with Crippen LogP contribution in [0.2, 0.25) is 0 Å². The van der Waals surface area contributed by atoms with E-state index in [0.717, 1.165) is 0 Å². The van der Waals surface area contributed by atoms with Crippen molar-refractivity contribution in [2.24, 2.45) is 0 Å². The maximum absolute atomic E-state index is 11.3. The van der Waals surface area contributed by atoms with Crippen molar-refractivity contribution in [3.05, 3.63) is 37.0 Å². The quantitative estimate of drug-likeness (QED) is 0.407. The van der Waals surface area contributed by atoms with E-state index >= 15 is 0 Å². The highest BCUT2D eigenvalue weighted by atomic mass is 31.2. The molecule has 0 heterocycles. The predicted molar refractivity (Wildman–Crippen MR) is 53.7 cm³/mol. The monoisotopic (exact) mass is 186 g/mol. The summed E-state index contributed by atoms with van der Waals surface area (Å²) in [6, 6.07) is 0. The molecule has 0 radical (unpaired) electrons. The van der Waals surface area contributed by atoms with Gasteiger partial charge >= 0.3 is 0 Å². The third-order valence-corrected chi connectivity index (χ3v) is 3.00. The van der Waals surface area contributed by atoms with E-state index in [9.17, 15) is 9.46 Å². The SMILES string of the molecule is C=CCP(=O)(O)CC(=C)C=CC. The van der Waals surface area contributed by atoms with Gasteiger partial charge in [0.1, 0.15) is 0 Å². The first kappa shape index (κ1) is 11.4. The predicted octanol–water partition coefficient (Wildman–Crippen LogP) is 2.58. The van der Waals surface area contributed by atoms with Crippen LogP contribution in [0.15, 0.2) is 37.0 Å². The third kappa shape index (κ3) is 5.11. The minimum absolute atomic E-state index is 0.156. The molecule has 68 valence electrons. The van der Waals surface area contributed by atoms with Crippen LogP contribution in [-0.2, 0) is 4.57 Å². The van der Waals surface area contributed by atoms with E-state index < -0.39 is 7.37 Å². The second-order valence-electron chi connectivity index (χ2n) is 2.63. The standard InChI is InChI=1S/C9H15O2P/c1-4-6-9(3)8-12(10,11)7-5-2/h4-6H,2-3,7-8H2,1H3,(H,10,11). The lowest BCUT2D eigenvalue weighted by Crippen LogP contribution is -1.93. The van der Waals surface area contributed by atoms with Gasteiger partial charge in [0.05, 0.1) is 0 Å². The smallest absolute Gasteiger partial charge is 0.208 e. The molecule has 1 atom stereocenters. The molecule has 1 unspecified atom stereocenters. The number of allylic oxidation sites excluding steroid dienone is 4. The van der Waals surface area contributed by atoms with Crippen LogP contribution in [0.3, 0.4) is 0 Å². The van der Waals surface area contributed by atoms with Crippen molar-refractivity contribution in [2.45, 2.75) is 6.92 Å². The minimum Gasteiger partial charge on any atom is -0.344 e. The highest BCUT2D eigenvalue weighted by Crippen LogP contribution is 2.41. The maximum atomic E-state index is 11.3. The summed E-state index contributed by atoms with van der Waals surface area (Å²) in [7, 11) is -3.05. The van der Waals surface area contributed by atoms with Crippen LogP contribution >= 0.6 is 7.37 Å². The lowest BCUT2D eigenvalue weighted by molar-refractivity contribution is 0.484. The molecule has 0 spiro atoms. The zero-order valence-corrected chi connectivity index (χ0v) is 8.26. The zero-order chi connectivity index (χ0) is 9.61. The first-order valence-corrected chi connectivity index (χ1v) is 5.77. The lowest BCUT2D eigenvalue weighted by Gasteiger charge is -2.08. The number of hydrogen-bond acceptors (Lipinski definition) is 1. The topological polar surface area (TPSA) is 37.3 Å². The van der Waals surface area contributed by atoms with Gasteiger partial charge in [-0.15, -0.1) is 6.58 Å². The molecular formula is C9H15O2P. The fourth-order valence-corrected chi connectivity index (χ4v) is 2.14. The molecule has 0 saturated carbocycles. The molecule has 3 heteroatoms. The van der Waals surface area contributed by atoms with Gasteiger partial charge in [0, 0.05) is 12.3 Å². The molecule has 0 aromatic heterocycles. The zero-order valence-electron chi connectivity index (χ0n) is 7.36. The average molecular weight is 186 g/mol. The second kappa shape index (κ2) is 5.13. The molecule has 0 saturated heterocycles. The van der Waals surface area contributed by atoms with Gasteiger partial charge in [-0.25, -0.2) is 0 Å². The van der Waals surface area contributed by atoms with Crippen LogP contribution in [0, 0.1) is 0 Å². The minimum atomic E-state index is -3.05. The maximum Gasteiger partial charge on any atom is 0.208 e. The van der Waals surface area contributed by atoms with E-state index in [1.54, 1.807) is 12.2 Å². The molecule has 0 rings (SSSR count). The first-order chi connectivity index (χ1) is 5.52. The Morgan fingerprint density at radius 1 is 1.67 bits per heavy atom. The number of rotatable bonds is 5. The van der Waals surface area contributed by atoms with Crippen molar-refractivity contribution in [1.82, 2.24) is 0 Å². The Hall–Kier alpha value is -0.590. The van der Waals surface area contributed by atoms with Gasteiger partial charge < -0.3 is 4.89 Å². The van der Waals surface area contributed by atoms with Crippen molar-refractivity contribution in [2.75, 3.05) is 12.3 Å². The number of hydrogen-bond donors (Lipinski definition) is 1. The van der Waals surface area contributed by atoms with Crippen LogP contribution in [0.5, 0.6) is 0 Å². The molecule has 0 aliphatic carbocycles. The molecule has 0 aromatic rings. The van der Waals surface area contributed by atoms with Crippen LogP contribution in [0.1, 0.15) is 6.92 Å². The van der Waals surface area contributed by atoms with E-state index in [1.165, 1.54) is 6.08 Å². The van der Waals surface area contributed by atoms with E-state index in [2.05, 4.69) is 13.2 Å². The van der Waals surface area contributed by atoms with Gasteiger partial charge in [-0.2, -0.15) is 0 Å². The van der Waals surface area contributed by atoms with E-state index in [4.69, 9.17) is 0 Å². The van der Waals surface area contributed by atoms with Crippen LogP contribution in [-0.4, -0.2) is 17.2 Å². The fourth-order valence-electron chi connectivity index (χ4n) is 0.872. The van der Waals surface area contributed by atoms with Crippen molar-refractivity contribution in [3.8, 4) is 0 Å². The Morgan fingerprint density at radius 2 is 2.25 bits per heavy atom. The summed E-state index contributed by atoms with van der Waals surface area (Å²) in [6.07, 6.45) is 5.32. The molecule has 0 fully saturated rings. The summed E-state index contributed by atoms with van der Waals surface area (Å²) in [5.41, 5.74) is 0.685. The molecule has 0 aliphatic heterocycles. The second-order valence-corrected chi connectivity index (χ2v) is 5.01. The largest absolute Gasteiger partial charge is 0.344 e. The molecule has 12 heavy (non-hydrogen) atoms. The van der Waals surface area contributed by atoms with E-state index in [1.807, 2.05) is 6.92 Å². The van der Waals surface area contributed by atoms with E-state index in [0.29, 0.717) is 5.57 Å². The Bertz CT molecular complexity index is 241. The van der Waals surface area contributed by atoms with Crippen LogP contribution in [0.4, 0.5) is 0 Å². The summed E-state index contributed by atoms with van der Waals surface area (Å²) in [5, 5.41) is 0. The van der Waals surface area contributed by atoms with Gasteiger partial charge in [0.2, 0.25) is 7.37 Å². The van der Waals surface area contributed by atoms with Crippen molar-refractivity contribution < 1.29 is 9.46 Å². The molecule has 0 aliphatic rings. The summed E-state index contributed by atoms with van der Waals surface area (Å²) in [5.74, 6) is 0. The Balaban J connectivity index is 4.14. The lowest BCUT2D eigenvalue weighted by atomic mass is 10.3. The van der Waals surface area contributed by atoms with Gasteiger partial charge in [-0.1, -0.05) is 24.8 Å². The van der Waals surface area contributed by atoms with Gasteiger partial charge in [-0.3, -0.25) is 4.57 Å². The van der Waals surface area contributed by atoms with Crippen LogP contribution < -0.4 is 0 Å². The van der Waals surface area contributed by atoms with Gasteiger partial charge in [0.25, 0.3) is 0 Å². The molecule has 2 nitrogen and oxygen atoms in total. The van der Waals surface area contributed by atoms with Gasteiger partial charge in [-0.05, 0) is 12.5 Å². The Kier molecular flexibility index (Phi) is 4.87. The molecule has 0 amide bonds. The normalized spacial score (nSPS) is 15.8. The molecule has 1 N–H and O–H groups in total. The van der Waals surface area contributed by atoms with Crippen LogP contribution in [0.25, 0.3) is 0 Å². The van der Waals surface area contributed by atoms with Crippen molar-refractivity contribution >= 4 is 7.37 Å². The van der Waals surface area contributed by atoms with E-state index in [-0.39, 0.29) is 12.3 Å². The average Bonchev–Trinajstić information content (AvgIpc) is 1.85. The Labute approximate surface area is 73.8 Å². The van der Waals surface area contributed by atoms with Crippen molar-refractivity contribution in [3.63, 3.8) is 0 Å². The highest BCUT2D eigenvalue weighted by Gasteiger charge is 2.15.